The molecule has 2 heterocycles. The third-order valence-corrected chi connectivity index (χ3v) is 5.46. The number of halogens is 6. The van der Waals surface area contributed by atoms with Crippen molar-refractivity contribution >= 4 is 40.4 Å². The number of nitrogens with one attached hydrogen (secondary N) is 4. The number of aliphatic carboxylic acids is 1. The normalized spacial score (nSPS) is 14.4. The summed E-state index contributed by atoms with van der Waals surface area (Å²) in [6.07, 6.45) is -2.35. The highest BCUT2D eigenvalue weighted by atomic mass is 19.4. The number of benzene rings is 1. The quantitative estimate of drug-likeness (QED) is 0.263. The molecule has 15 heteroatoms. The molecular formula is C23H24F6N6O3. The molecule has 38 heavy (non-hydrogen) atoms. The first-order valence-electron chi connectivity index (χ1n) is 11.5. The van der Waals surface area contributed by atoms with E-state index in [9.17, 15) is 31.1 Å². The van der Waals surface area contributed by atoms with E-state index in [1.807, 2.05) is 0 Å². The lowest BCUT2D eigenvalue weighted by Gasteiger charge is -2.22. The molecule has 1 amide bonds. The first-order valence-corrected chi connectivity index (χ1v) is 11.5. The van der Waals surface area contributed by atoms with Gasteiger partial charge in [-0.05, 0) is 43.2 Å². The first-order chi connectivity index (χ1) is 17.8. The van der Waals surface area contributed by atoms with Crippen LogP contribution in [0, 0.1) is 0 Å². The van der Waals surface area contributed by atoms with Gasteiger partial charge in [-0.25, -0.2) is 4.79 Å². The highest BCUT2D eigenvalue weighted by Crippen LogP contribution is 2.25. The fourth-order valence-electron chi connectivity index (χ4n) is 3.67. The van der Waals surface area contributed by atoms with E-state index >= 15 is 0 Å². The van der Waals surface area contributed by atoms with Crippen LogP contribution < -0.4 is 16.0 Å². The van der Waals surface area contributed by atoms with Crippen molar-refractivity contribution in [3.8, 4) is 0 Å². The van der Waals surface area contributed by atoms with Crippen LogP contribution >= 0.6 is 0 Å². The number of fused-ring (bicyclic) bond motifs is 1. The fourth-order valence-corrected chi connectivity index (χ4v) is 3.67. The molecule has 0 bridgehead atoms. The largest absolute Gasteiger partial charge is 0.490 e. The van der Waals surface area contributed by atoms with Crippen molar-refractivity contribution in [2.75, 3.05) is 17.2 Å². The molecule has 1 aromatic carbocycles. The van der Waals surface area contributed by atoms with Gasteiger partial charge >= 0.3 is 18.3 Å². The second kappa shape index (κ2) is 12.0. The Balaban J connectivity index is 0.000000505. The summed E-state index contributed by atoms with van der Waals surface area (Å²) < 4.78 is 69.5. The van der Waals surface area contributed by atoms with Crippen LogP contribution in [0.4, 0.5) is 43.8 Å². The summed E-state index contributed by atoms with van der Waals surface area (Å²) in [5.41, 5.74) is 1.57. The van der Waals surface area contributed by atoms with E-state index < -0.39 is 24.9 Å². The zero-order valence-electron chi connectivity index (χ0n) is 19.7. The molecule has 0 spiro atoms. The summed E-state index contributed by atoms with van der Waals surface area (Å²) in [5.74, 6) is -2.65. The first kappa shape index (κ1) is 28.5. The van der Waals surface area contributed by atoms with E-state index in [-0.39, 0.29) is 23.7 Å². The van der Waals surface area contributed by atoms with Gasteiger partial charge in [0.05, 0.1) is 5.39 Å². The van der Waals surface area contributed by atoms with Crippen molar-refractivity contribution < 1.29 is 41.0 Å². The molecule has 3 aromatic rings. The minimum atomic E-state index is -5.08. The number of aromatic nitrogens is 3. The summed E-state index contributed by atoms with van der Waals surface area (Å²) in [4.78, 5) is 32.7. The maximum atomic E-state index is 12.6. The summed E-state index contributed by atoms with van der Waals surface area (Å²) in [7, 11) is 0. The second-order valence-electron chi connectivity index (χ2n) is 8.42. The number of amides is 1. The number of anilines is 3. The Hall–Kier alpha value is -4.04. The molecular weight excluding hydrogens is 522 g/mol. The number of carboxylic acids is 1. The Kier molecular flexibility index (Phi) is 9.01. The molecule has 0 radical (unpaired) electrons. The van der Waals surface area contributed by atoms with Gasteiger partial charge in [0.15, 0.2) is 0 Å². The molecule has 9 nitrogen and oxygen atoms in total. The highest BCUT2D eigenvalue weighted by Gasteiger charge is 2.38. The Morgan fingerprint density at radius 1 is 0.974 bits per heavy atom. The summed E-state index contributed by atoms with van der Waals surface area (Å²) >= 11 is 0. The molecule has 2 aromatic heterocycles. The lowest BCUT2D eigenvalue weighted by Crippen LogP contribution is -2.36. The van der Waals surface area contributed by atoms with Crippen LogP contribution in [0.2, 0.25) is 0 Å². The summed E-state index contributed by atoms with van der Waals surface area (Å²) in [5, 5.41) is 15.9. The van der Waals surface area contributed by atoms with Crippen molar-refractivity contribution in [3.63, 3.8) is 0 Å². The topological polar surface area (TPSA) is 132 Å². The van der Waals surface area contributed by atoms with E-state index in [2.05, 4.69) is 30.9 Å². The Morgan fingerprint density at radius 2 is 1.61 bits per heavy atom. The maximum absolute atomic E-state index is 12.6. The predicted molar refractivity (Wildman–Crippen MR) is 126 cm³/mol. The van der Waals surface area contributed by atoms with Gasteiger partial charge in [0.1, 0.15) is 18.0 Å². The smallest absolute Gasteiger partial charge is 0.475 e. The molecule has 0 aliphatic heterocycles. The minimum Gasteiger partial charge on any atom is -0.475 e. The number of carbonyl (C=O) groups excluding carboxylic acids is 1. The van der Waals surface area contributed by atoms with Crippen LogP contribution in [0.25, 0.3) is 11.0 Å². The summed E-state index contributed by atoms with van der Waals surface area (Å²) in [6, 6.07) is 8.63. The van der Waals surface area contributed by atoms with Crippen molar-refractivity contribution in [1.82, 2.24) is 20.3 Å². The molecule has 0 unspecified atom stereocenters. The van der Waals surface area contributed by atoms with Gasteiger partial charge in [-0.3, -0.25) is 4.79 Å². The SMILES string of the molecule is O=C(NC1CCCCC1)c1ccc(Nc2nc(NCC(F)(F)F)c3cc[nH]c3n2)cc1.O=C(O)C(F)(F)F. The van der Waals surface area contributed by atoms with Gasteiger partial charge in [-0.1, -0.05) is 19.3 Å². The van der Waals surface area contributed by atoms with Crippen LogP contribution in [0.5, 0.6) is 0 Å². The lowest BCUT2D eigenvalue weighted by molar-refractivity contribution is -0.192. The number of H-pyrrole nitrogens is 1. The van der Waals surface area contributed by atoms with Crippen LogP contribution in [0.3, 0.4) is 0 Å². The minimum absolute atomic E-state index is 0.0783. The van der Waals surface area contributed by atoms with Gasteiger partial charge in [-0.15, -0.1) is 0 Å². The van der Waals surface area contributed by atoms with Crippen LogP contribution in [-0.2, 0) is 4.79 Å². The van der Waals surface area contributed by atoms with Gasteiger partial charge in [0, 0.05) is 23.5 Å². The van der Waals surface area contributed by atoms with Gasteiger partial charge < -0.3 is 26.0 Å². The van der Waals surface area contributed by atoms with Crippen molar-refractivity contribution in [2.24, 2.45) is 0 Å². The average molecular weight is 546 g/mol. The number of hydrogen-bond acceptors (Lipinski definition) is 6. The fraction of sp³-hybridized carbons (Fsp3) is 0.391. The Labute approximate surface area is 212 Å². The molecule has 4 rings (SSSR count). The van der Waals surface area contributed by atoms with Crippen LogP contribution in [0.15, 0.2) is 36.5 Å². The van der Waals surface area contributed by atoms with Crippen LogP contribution in [-0.4, -0.2) is 56.9 Å². The number of aromatic amines is 1. The standard InChI is InChI=1S/C21H23F3N6O.C2HF3O2/c22-21(23,24)12-26-18-16-10-11-25-17(16)29-20(30-18)28-15-8-6-13(7-9-15)19(31)27-14-4-2-1-3-5-14;3-2(4,5)1(6)7/h6-11,14H,1-5,12H2,(H,27,31)(H3,25,26,28,29,30);(H,6,7). The zero-order chi connectivity index (χ0) is 27.9. The van der Waals surface area contributed by atoms with E-state index in [0.717, 1.165) is 25.7 Å². The number of carboxylic acid groups (broad SMARTS) is 1. The highest BCUT2D eigenvalue weighted by molar-refractivity contribution is 5.95. The molecule has 206 valence electrons. The lowest BCUT2D eigenvalue weighted by atomic mass is 9.95. The van der Waals surface area contributed by atoms with Gasteiger partial charge in [0.2, 0.25) is 5.95 Å². The third kappa shape index (κ3) is 8.52. The number of carbonyl (C=O) groups is 2. The molecule has 0 saturated heterocycles. The summed E-state index contributed by atoms with van der Waals surface area (Å²) in [6.45, 7) is -1.20. The number of alkyl halides is 6. The number of nitrogens with zero attached hydrogens (tertiary/aromatic N) is 2. The van der Waals surface area contributed by atoms with Gasteiger partial charge in [0.25, 0.3) is 5.91 Å². The van der Waals surface area contributed by atoms with Gasteiger partial charge in [-0.2, -0.15) is 36.3 Å². The predicted octanol–water partition coefficient (Wildman–Crippen LogP) is 5.37. The molecule has 1 fully saturated rings. The average Bonchev–Trinajstić information content (AvgIpc) is 3.32. The van der Waals surface area contributed by atoms with Crippen molar-refractivity contribution in [1.29, 1.82) is 0 Å². The third-order valence-electron chi connectivity index (χ3n) is 5.46. The monoisotopic (exact) mass is 546 g/mol. The number of rotatable bonds is 6. The van der Waals surface area contributed by atoms with Crippen LogP contribution in [0.1, 0.15) is 42.5 Å². The molecule has 1 aliphatic rings. The number of hydrogen-bond donors (Lipinski definition) is 5. The van der Waals surface area contributed by atoms with Crippen molar-refractivity contribution in [2.45, 2.75) is 50.5 Å². The second-order valence-corrected chi connectivity index (χ2v) is 8.42. The maximum Gasteiger partial charge on any atom is 0.490 e. The molecule has 1 aliphatic carbocycles. The Bertz CT molecular complexity index is 1240. The van der Waals surface area contributed by atoms with E-state index in [4.69, 9.17) is 9.90 Å². The zero-order valence-corrected chi connectivity index (χ0v) is 19.7. The molecule has 0 atom stereocenters. The van der Waals surface area contributed by atoms with E-state index in [1.54, 1.807) is 36.5 Å². The van der Waals surface area contributed by atoms with E-state index in [0.29, 0.717) is 22.3 Å². The molecule has 1 saturated carbocycles. The van der Waals surface area contributed by atoms with E-state index in [1.165, 1.54) is 6.42 Å². The van der Waals surface area contributed by atoms with Crippen molar-refractivity contribution in [3.05, 3.63) is 42.1 Å². The molecule has 5 N–H and O–H groups in total. The Morgan fingerprint density at radius 3 is 2.18 bits per heavy atom.